The lowest BCUT2D eigenvalue weighted by Crippen LogP contribution is -2.34. The molecule has 0 saturated heterocycles. The van der Waals surface area contributed by atoms with E-state index in [9.17, 15) is 0 Å². The highest BCUT2D eigenvalue weighted by atomic mass is 16.5. The molecule has 2 N–H and O–H groups in total. The maximum atomic E-state index is 8.74. The normalized spacial score (nSPS) is 15.8. The van der Waals surface area contributed by atoms with E-state index in [4.69, 9.17) is 9.84 Å². The van der Waals surface area contributed by atoms with Gasteiger partial charge in [-0.15, -0.1) is 0 Å². The first-order chi connectivity index (χ1) is 7.90. The first-order valence-corrected chi connectivity index (χ1v) is 5.95. The van der Waals surface area contributed by atoms with Crippen molar-refractivity contribution < 1.29 is 9.84 Å². The Morgan fingerprint density at radius 3 is 2.81 bits per heavy atom. The fourth-order valence-electron chi connectivity index (χ4n) is 1.81. The Labute approximate surface area is 96.4 Å². The lowest BCUT2D eigenvalue weighted by atomic mass is 9.93. The Balaban J connectivity index is 1.89. The molecule has 0 atom stereocenters. The Bertz CT molecular complexity index is 323. The highest BCUT2D eigenvalue weighted by Crippen LogP contribution is 2.21. The van der Waals surface area contributed by atoms with E-state index in [1.807, 2.05) is 18.2 Å². The molecule has 0 unspecified atom stereocenters. The molecule has 0 aliphatic heterocycles. The van der Waals surface area contributed by atoms with E-state index in [2.05, 4.69) is 11.4 Å². The fourth-order valence-corrected chi connectivity index (χ4v) is 1.81. The van der Waals surface area contributed by atoms with Gasteiger partial charge >= 0.3 is 0 Å². The minimum absolute atomic E-state index is 0.0599. The minimum Gasteiger partial charge on any atom is -0.491 e. The first kappa shape index (κ1) is 11.4. The topological polar surface area (TPSA) is 41.5 Å². The smallest absolute Gasteiger partial charge is 0.123 e. The zero-order valence-electron chi connectivity index (χ0n) is 9.48. The van der Waals surface area contributed by atoms with Crippen molar-refractivity contribution in [1.82, 2.24) is 5.32 Å². The molecule has 1 aromatic rings. The number of aliphatic hydroxyl groups is 1. The maximum Gasteiger partial charge on any atom is 0.123 e. The van der Waals surface area contributed by atoms with Crippen LogP contribution in [0, 0.1) is 0 Å². The third-order valence-corrected chi connectivity index (χ3v) is 3.01. The zero-order valence-corrected chi connectivity index (χ0v) is 9.48. The molecule has 0 amide bonds. The van der Waals surface area contributed by atoms with Crippen LogP contribution in [-0.2, 0) is 6.54 Å². The summed E-state index contributed by atoms with van der Waals surface area (Å²) in [5.74, 6) is 0.878. The van der Waals surface area contributed by atoms with Crippen LogP contribution in [0.5, 0.6) is 5.75 Å². The van der Waals surface area contributed by atoms with Crippen LogP contribution in [0.25, 0.3) is 0 Å². The summed E-state index contributed by atoms with van der Waals surface area (Å²) in [6, 6.07) is 8.68. The summed E-state index contributed by atoms with van der Waals surface area (Å²) in [5, 5.41) is 12.3. The summed E-state index contributed by atoms with van der Waals surface area (Å²) in [5.41, 5.74) is 1.17. The van der Waals surface area contributed by atoms with Gasteiger partial charge in [0.25, 0.3) is 0 Å². The molecule has 3 nitrogen and oxygen atoms in total. The molecule has 1 aliphatic carbocycles. The van der Waals surface area contributed by atoms with Gasteiger partial charge in [-0.1, -0.05) is 24.6 Å². The molecule has 1 aliphatic rings. The van der Waals surface area contributed by atoms with E-state index in [0.717, 1.165) is 12.3 Å². The summed E-state index contributed by atoms with van der Waals surface area (Å²) in [7, 11) is 0. The van der Waals surface area contributed by atoms with Crippen molar-refractivity contribution in [3.8, 4) is 5.75 Å². The average molecular weight is 221 g/mol. The Morgan fingerprint density at radius 2 is 2.12 bits per heavy atom. The molecule has 0 heterocycles. The molecule has 0 spiro atoms. The first-order valence-electron chi connectivity index (χ1n) is 5.95. The molecule has 16 heavy (non-hydrogen) atoms. The molecule has 2 rings (SSSR count). The van der Waals surface area contributed by atoms with Crippen molar-refractivity contribution in [2.75, 3.05) is 13.2 Å². The van der Waals surface area contributed by atoms with Gasteiger partial charge in [0.2, 0.25) is 0 Å². The van der Waals surface area contributed by atoms with Crippen molar-refractivity contribution >= 4 is 0 Å². The van der Waals surface area contributed by atoms with Crippen LogP contribution in [0.4, 0.5) is 0 Å². The molecule has 1 aromatic carbocycles. The average Bonchev–Trinajstić information content (AvgIpc) is 2.26. The number of hydrogen-bond donors (Lipinski definition) is 2. The molecule has 0 radical (unpaired) electrons. The van der Waals surface area contributed by atoms with E-state index >= 15 is 0 Å². The van der Waals surface area contributed by atoms with Gasteiger partial charge in [-0.25, -0.2) is 0 Å². The predicted molar refractivity (Wildman–Crippen MR) is 63.5 cm³/mol. The second-order valence-electron chi connectivity index (χ2n) is 4.19. The molecular weight excluding hydrogens is 202 g/mol. The Morgan fingerprint density at radius 1 is 1.31 bits per heavy atom. The van der Waals surface area contributed by atoms with Gasteiger partial charge in [-0.3, -0.25) is 0 Å². The third kappa shape index (κ3) is 2.97. The highest BCUT2D eigenvalue weighted by molar-refractivity contribution is 5.33. The van der Waals surface area contributed by atoms with E-state index < -0.39 is 0 Å². The number of hydrogen-bond acceptors (Lipinski definition) is 3. The molecule has 88 valence electrons. The van der Waals surface area contributed by atoms with Gasteiger partial charge in [0, 0.05) is 18.2 Å². The highest BCUT2D eigenvalue weighted by Gasteiger charge is 2.16. The molecular formula is C13H19NO2. The summed E-state index contributed by atoms with van der Waals surface area (Å²) >= 11 is 0. The standard InChI is InChI=1S/C13H19NO2/c15-8-9-16-13-7-2-1-4-11(13)10-14-12-5-3-6-12/h1-2,4,7,12,14-15H,3,5-6,8-10H2. The lowest BCUT2D eigenvalue weighted by molar-refractivity contribution is 0.199. The van der Waals surface area contributed by atoms with Crippen LogP contribution >= 0.6 is 0 Å². The summed E-state index contributed by atoms with van der Waals surface area (Å²) in [6.45, 7) is 1.27. The van der Waals surface area contributed by atoms with Crippen LogP contribution in [0.2, 0.25) is 0 Å². The fraction of sp³-hybridized carbons (Fsp3) is 0.538. The Hall–Kier alpha value is -1.06. The SMILES string of the molecule is OCCOc1ccccc1CNC1CCC1. The van der Waals surface area contributed by atoms with Crippen molar-refractivity contribution in [1.29, 1.82) is 0 Å². The van der Waals surface area contributed by atoms with Gasteiger partial charge in [-0.2, -0.15) is 0 Å². The van der Waals surface area contributed by atoms with Crippen LogP contribution in [0.1, 0.15) is 24.8 Å². The van der Waals surface area contributed by atoms with Gasteiger partial charge < -0.3 is 15.2 Å². The van der Waals surface area contributed by atoms with Crippen LogP contribution in [0.15, 0.2) is 24.3 Å². The van der Waals surface area contributed by atoms with E-state index in [1.165, 1.54) is 24.8 Å². The molecule has 0 bridgehead atoms. The van der Waals surface area contributed by atoms with Crippen molar-refractivity contribution in [3.05, 3.63) is 29.8 Å². The monoisotopic (exact) mass is 221 g/mol. The number of rotatable bonds is 6. The quantitative estimate of drug-likeness (QED) is 0.768. The van der Waals surface area contributed by atoms with Gasteiger partial charge in [-0.05, 0) is 18.9 Å². The third-order valence-electron chi connectivity index (χ3n) is 3.01. The Kier molecular flexibility index (Phi) is 4.19. The summed E-state index contributed by atoms with van der Waals surface area (Å²) in [6.07, 6.45) is 3.93. The van der Waals surface area contributed by atoms with Crippen LogP contribution < -0.4 is 10.1 Å². The molecule has 1 fully saturated rings. The summed E-state index contributed by atoms with van der Waals surface area (Å²) < 4.78 is 5.48. The van der Waals surface area contributed by atoms with Crippen molar-refractivity contribution in [3.63, 3.8) is 0 Å². The molecule has 3 heteroatoms. The zero-order chi connectivity index (χ0) is 11.2. The van der Waals surface area contributed by atoms with E-state index in [-0.39, 0.29) is 6.61 Å². The van der Waals surface area contributed by atoms with Gasteiger partial charge in [0.15, 0.2) is 0 Å². The number of nitrogens with one attached hydrogen (secondary N) is 1. The van der Waals surface area contributed by atoms with E-state index in [1.54, 1.807) is 0 Å². The van der Waals surface area contributed by atoms with Gasteiger partial charge in [0.1, 0.15) is 12.4 Å². The second-order valence-corrected chi connectivity index (χ2v) is 4.19. The largest absolute Gasteiger partial charge is 0.491 e. The number of ether oxygens (including phenoxy) is 1. The van der Waals surface area contributed by atoms with Crippen molar-refractivity contribution in [2.45, 2.75) is 31.8 Å². The second kappa shape index (κ2) is 5.87. The number of benzene rings is 1. The number of aliphatic hydroxyl groups excluding tert-OH is 1. The maximum absolute atomic E-state index is 8.74. The van der Waals surface area contributed by atoms with Crippen LogP contribution in [0.3, 0.4) is 0 Å². The summed E-state index contributed by atoms with van der Waals surface area (Å²) in [4.78, 5) is 0. The minimum atomic E-state index is 0.0599. The predicted octanol–water partition coefficient (Wildman–Crippen LogP) is 1.70. The van der Waals surface area contributed by atoms with Gasteiger partial charge in [0.05, 0.1) is 6.61 Å². The van der Waals surface area contributed by atoms with Crippen LogP contribution in [-0.4, -0.2) is 24.4 Å². The molecule has 0 aromatic heterocycles. The number of para-hydroxylation sites is 1. The van der Waals surface area contributed by atoms with E-state index in [0.29, 0.717) is 12.6 Å². The van der Waals surface area contributed by atoms with Crippen molar-refractivity contribution in [2.24, 2.45) is 0 Å². The lowest BCUT2D eigenvalue weighted by Gasteiger charge is -2.26. The molecule has 1 saturated carbocycles.